The molecule has 0 bridgehead atoms. The van der Waals surface area contributed by atoms with E-state index in [0.29, 0.717) is 18.5 Å². The third kappa shape index (κ3) is 3.56. The van der Waals surface area contributed by atoms with Crippen LogP contribution in [0.5, 0.6) is 0 Å². The average molecular weight is 385 g/mol. The van der Waals surface area contributed by atoms with E-state index >= 15 is 0 Å². The van der Waals surface area contributed by atoms with Crippen LogP contribution in [0.1, 0.15) is 23.2 Å². The number of aromatic nitrogens is 1. The van der Waals surface area contributed by atoms with Crippen molar-refractivity contribution in [2.24, 2.45) is 5.92 Å². The molecular formula is C24H23N3O2. The van der Waals surface area contributed by atoms with Crippen LogP contribution in [0.25, 0.3) is 21.9 Å². The van der Waals surface area contributed by atoms with Crippen LogP contribution in [0, 0.1) is 5.92 Å². The number of carbonyl (C=O) groups excluding carboxylic acids is 1. The number of nitrogens with zero attached hydrogens (tertiary/aromatic N) is 2. The van der Waals surface area contributed by atoms with Gasteiger partial charge in [0.2, 0.25) is 0 Å². The van der Waals surface area contributed by atoms with E-state index in [1.54, 1.807) is 0 Å². The summed E-state index contributed by atoms with van der Waals surface area (Å²) in [6.07, 6.45) is 2.02. The van der Waals surface area contributed by atoms with Gasteiger partial charge >= 0.3 is 0 Å². The highest BCUT2D eigenvalue weighted by molar-refractivity contribution is 6.07. The average Bonchev–Trinajstić information content (AvgIpc) is 3.22. The van der Waals surface area contributed by atoms with Gasteiger partial charge in [-0.3, -0.25) is 4.79 Å². The molecule has 1 N–H and O–H groups in total. The zero-order valence-electron chi connectivity index (χ0n) is 16.2. The monoisotopic (exact) mass is 385 g/mol. The molecule has 5 nitrogen and oxygen atoms in total. The Balaban J connectivity index is 1.19. The first-order valence-electron chi connectivity index (χ1n) is 10.1. The standard InChI is InChI=1S/C24H23N3O2/c28-23(20-9-5-7-18-6-1-2-8-19(18)20)25-16-17-12-14-27(15-13-17)24-26-21-10-3-4-11-22(21)29-24/h1-11,17H,12-16H2,(H,25,28). The van der Waals surface area contributed by atoms with Gasteiger partial charge in [-0.1, -0.05) is 48.5 Å². The fraction of sp³-hybridized carbons (Fsp3) is 0.250. The number of oxazole rings is 1. The van der Waals surface area contributed by atoms with Crippen molar-refractivity contribution in [1.82, 2.24) is 10.3 Å². The molecule has 29 heavy (non-hydrogen) atoms. The molecule has 3 aromatic carbocycles. The van der Waals surface area contributed by atoms with Gasteiger partial charge in [0, 0.05) is 25.2 Å². The summed E-state index contributed by atoms with van der Waals surface area (Å²) < 4.78 is 5.88. The summed E-state index contributed by atoms with van der Waals surface area (Å²) >= 11 is 0. The molecule has 0 radical (unpaired) electrons. The van der Waals surface area contributed by atoms with Crippen molar-refractivity contribution in [2.75, 3.05) is 24.5 Å². The summed E-state index contributed by atoms with van der Waals surface area (Å²) in [6.45, 7) is 2.48. The number of carbonyl (C=O) groups is 1. The van der Waals surface area contributed by atoms with E-state index in [-0.39, 0.29) is 5.91 Å². The number of amides is 1. The summed E-state index contributed by atoms with van der Waals surface area (Å²) in [4.78, 5) is 19.5. The van der Waals surface area contributed by atoms with Crippen LogP contribution in [-0.2, 0) is 0 Å². The molecule has 0 spiro atoms. The Morgan fingerprint density at radius 1 is 1.00 bits per heavy atom. The van der Waals surface area contributed by atoms with E-state index in [4.69, 9.17) is 4.42 Å². The Labute approximate surface area is 169 Å². The van der Waals surface area contributed by atoms with Gasteiger partial charge < -0.3 is 14.6 Å². The summed E-state index contributed by atoms with van der Waals surface area (Å²) in [6, 6.07) is 22.4. The molecule has 5 rings (SSSR count). The quantitative estimate of drug-likeness (QED) is 0.557. The van der Waals surface area contributed by atoms with Gasteiger partial charge in [0.1, 0.15) is 5.52 Å². The summed E-state index contributed by atoms with van der Waals surface area (Å²) in [5.74, 6) is 0.470. The van der Waals surface area contributed by atoms with E-state index in [2.05, 4.69) is 15.2 Å². The minimum atomic E-state index is 0.00294. The van der Waals surface area contributed by atoms with Gasteiger partial charge in [-0.25, -0.2) is 0 Å². The minimum absolute atomic E-state index is 0.00294. The number of hydrogen-bond acceptors (Lipinski definition) is 4. The first kappa shape index (κ1) is 17.7. The van der Waals surface area contributed by atoms with Crippen molar-refractivity contribution < 1.29 is 9.21 Å². The molecule has 4 aromatic rings. The lowest BCUT2D eigenvalue weighted by Crippen LogP contribution is -2.38. The second-order valence-electron chi connectivity index (χ2n) is 7.63. The molecule has 2 heterocycles. The van der Waals surface area contributed by atoms with Crippen LogP contribution in [0.2, 0.25) is 0 Å². The number of piperidine rings is 1. The molecule has 1 amide bonds. The molecule has 0 aliphatic carbocycles. The lowest BCUT2D eigenvalue weighted by molar-refractivity contribution is 0.0946. The van der Waals surface area contributed by atoms with Gasteiger partial charge in [0.25, 0.3) is 11.9 Å². The molecule has 1 aromatic heterocycles. The maximum atomic E-state index is 12.7. The second kappa shape index (κ2) is 7.59. The largest absolute Gasteiger partial charge is 0.423 e. The Kier molecular flexibility index (Phi) is 4.64. The van der Waals surface area contributed by atoms with Crippen LogP contribution in [-0.4, -0.2) is 30.5 Å². The zero-order chi connectivity index (χ0) is 19.6. The number of anilines is 1. The number of hydrogen-bond donors (Lipinski definition) is 1. The molecule has 0 unspecified atom stereocenters. The fourth-order valence-corrected chi connectivity index (χ4v) is 4.08. The molecule has 1 aliphatic heterocycles. The predicted molar refractivity (Wildman–Crippen MR) is 115 cm³/mol. The van der Waals surface area contributed by atoms with Gasteiger partial charge in [-0.15, -0.1) is 0 Å². The summed E-state index contributed by atoms with van der Waals surface area (Å²) in [7, 11) is 0. The van der Waals surface area contributed by atoms with Crippen molar-refractivity contribution in [3.05, 3.63) is 72.3 Å². The first-order chi connectivity index (χ1) is 14.3. The Hall–Kier alpha value is -3.34. The highest BCUT2D eigenvalue weighted by Crippen LogP contribution is 2.26. The molecule has 1 fully saturated rings. The highest BCUT2D eigenvalue weighted by Gasteiger charge is 2.23. The molecular weight excluding hydrogens is 362 g/mol. The predicted octanol–water partition coefficient (Wildman–Crippen LogP) is 4.63. The van der Waals surface area contributed by atoms with E-state index in [1.807, 2.05) is 66.7 Å². The van der Waals surface area contributed by atoms with Gasteiger partial charge in [-0.05, 0) is 47.7 Å². The van der Waals surface area contributed by atoms with Crippen molar-refractivity contribution in [1.29, 1.82) is 0 Å². The normalized spacial score (nSPS) is 15.1. The molecule has 5 heteroatoms. The van der Waals surface area contributed by atoms with Gasteiger partial charge in [0.05, 0.1) is 0 Å². The van der Waals surface area contributed by atoms with E-state index in [0.717, 1.165) is 53.4 Å². The van der Waals surface area contributed by atoms with Crippen LogP contribution in [0.15, 0.2) is 71.1 Å². The Morgan fingerprint density at radius 3 is 2.62 bits per heavy atom. The molecule has 0 saturated carbocycles. The number of para-hydroxylation sites is 2. The van der Waals surface area contributed by atoms with Gasteiger partial charge in [0.15, 0.2) is 5.58 Å². The van der Waals surface area contributed by atoms with Crippen molar-refractivity contribution in [3.63, 3.8) is 0 Å². The Bertz CT molecular complexity index is 1120. The first-order valence-corrected chi connectivity index (χ1v) is 10.1. The molecule has 0 atom stereocenters. The van der Waals surface area contributed by atoms with Crippen molar-refractivity contribution >= 4 is 33.8 Å². The number of rotatable bonds is 4. The lowest BCUT2D eigenvalue weighted by atomic mass is 9.96. The minimum Gasteiger partial charge on any atom is -0.423 e. The van der Waals surface area contributed by atoms with Crippen molar-refractivity contribution in [2.45, 2.75) is 12.8 Å². The number of nitrogens with one attached hydrogen (secondary N) is 1. The third-order valence-electron chi connectivity index (χ3n) is 5.75. The van der Waals surface area contributed by atoms with E-state index in [1.165, 1.54) is 0 Å². The topological polar surface area (TPSA) is 58.4 Å². The Morgan fingerprint density at radius 2 is 1.76 bits per heavy atom. The summed E-state index contributed by atoms with van der Waals surface area (Å²) in [5, 5.41) is 5.23. The SMILES string of the molecule is O=C(NCC1CCN(c2nc3ccccc3o2)CC1)c1cccc2ccccc12. The van der Waals surface area contributed by atoms with Crippen molar-refractivity contribution in [3.8, 4) is 0 Å². The zero-order valence-corrected chi connectivity index (χ0v) is 16.2. The van der Waals surface area contributed by atoms with Crippen LogP contribution in [0.3, 0.4) is 0 Å². The smallest absolute Gasteiger partial charge is 0.298 e. The van der Waals surface area contributed by atoms with E-state index < -0.39 is 0 Å². The molecule has 1 saturated heterocycles. The molecule has 1 aliphatic rings. The maximum Gasteiger partial charge on any atom is 0.298 e. The van der Waals surface area contributed by atoms with Crippen LogP contribution in [0.4, 0.5) is 6.01 Å². The van der Waals surface area contributed by atoms with Crippen LogP contribution >= 0.6 is 0 Å². The third-order valence-corrected chi connectivity index (χ3v) is 5.75. The van der Waals surface area contributed by atoms with E-state index in [9.17, 15) is 4.79 Å². The highest BCUT2D eigenvalue weighted by atomic mass is 16.4. The summed E-state index contributed by atoms with van der Waals surface area (Å²) in [5.41, 5.74) is 2.46. The number of benzene rings is 3. The maximum absolute atomic E-state index is 12.7. The van der Waals surface area contributed by atoms with Gasteiger partial charge in [-0.2, -0.15) is 4.98 Å². The number of fused-ring (bicyclic) bond motifs is 2. The lowest BCUT2D eigenvalue weighted by Gasteiger charge is -2.30. The van der Waals surface area contributed by atoms with Crippen LogP contribution < -0.4 is 10.2 Å². The second-order valence-corrected chi connectivity index (χ2v) is 7.63. The molecule has 146 valence electrons. The fourth-order valence-electron chi connectivity index (χ4n) is 4.08.